The Hall–Kier alpha value is -3.43. The van der Waals surface area contributed by atoms with Crippen molar-refractivity contribution >= 4 is 38.2 Å². The van der Waals surface area contributed by atoms with E-state index in [0.717, 1.165) is 17.4 Å². The van der Waals surface area contributed by atoms with Crippen LogP contribution in [0.2, 0.25) is 0 Å². The van der Waals surface area contributed by atoms with Gasteiger partial charge in [-0.15, -0.1) is 0 Å². The molecule has 0 fully saturated rings. The van der Waals surface area contributed by atoms with Crippen molar-refractivity contribution in [2.45, 2.75) is 13.1 Å². The van der Waals surface area contributed by atoms with Gasteiger partial charge in [0.25, 0.3) is 5.56 Å². The number of phenolic OH excluding ortho intramolecular Hbond substituents is 1. The Morgan fingerprint density at radius 3 is 2.31 bits per heavy atom. The van der Waals surface area contributed by atoms with Gasteiger partial charge in [-0.2, -0.15) is 5.10 Å². The Balaban J connectivity index is 1.96. The van der Waals surface area contributed by atoms with E-state index in [1.54, 1.807) is 28.7 Å². The maximum Gasteiger partial charge on any atom is 0.336 e. The Bertz CT molecular complexity index is 1590. The van der Waals surface area contributed by atoms with Crippen LogP contribution in [0.4, 0.5) is 0 Å². The summed E-state index contributed by atoms with van der Waals surface area (Å²) in [6.07, 6.45) is 0. The molecule has 0 spiro atoms. The van der Waals surface area contributed by atoms with Crippen molar-refractivity contribution in [1.29, 1.82) is 0 Å². The lowest BCUT2D eigenvalue weighted by Gasteiger charge is -2.16. The third-order valence-corrected chi connectivity index (χ3v) is 6.02. The van der Waals surface area contributed by atoms with Gasteiger partial charge in [-0.25, -0.2) is 4.79 Å². The van der Waals surface area contributed by atoms with Crippen LogP contribution in [0.1, 0.15) is 0 Å². The first-order valence-corrected chi connectivity index (χ1v) is 10.6. The Kier molecular flexibility index (Phi) is 4.68. The highest BCUT2D eigenvalue weighted by molar-refractivity contribution is 6.21. The molecule has 3 heterocycles. The monoisotopic (exact) mass is 434 g/mol. The highest BCUT2D eigenvalue weighted by atomic mass is 16.3. The zero-order valence-corrected chi connectivity index (χ0v) is 18.7. The van der Waals surface area contributed by atoms with Crippen molar-refractivity contribution < 1.29 is 5.11 Å². The van der Waals surface area contributed by atoms with Gasteiger partial charge in [0.15, 0.2) is 0 Å². The summed E-state index contributed by atoms with van der Waals surface area (Å²) in [5.74, 6) is 0.101. The second kappa shape index (κ2) is 7.32. The maximum absolute atomic E-state index is 13.6. The molecule has 2 aromatic carbocycles. The van der Waals surface area contributed by atoms with E-state index in [4.69, 9.17) is 5.10 Å². The predicted molar refractivity (Wildman–Crippen MR) is 126 cm³/mol. The molecule has 5 aromatic rings. The van der Waals surface area contributed by atoms with Gasteiger partial charge in [0.1, 0.15) is 11.3 Å². The van der Waals surface area contributed by atoms with Crippen molar-refractivity contribution in [2.24, 2.45) is 0 Å². The third kappa shape index (κ3) is 2.96. The number of rotatable bonds is 6. The standard InChI is InChI=1S/C23H26N6O3/c1-25(2)9-11-27-22(31)15-6-8-18-19-20(24-28(18)12-10-26(3)4)16-13-14(30)5-7-17(16)29(21(15)19)23(27)32/h5-8,13,30H,9-12H2,1-4H3. The van der Waals surface area contributed by atoms with Crippen LogP contribution < -0.4 is 11.2 Å². The molecular weight excluding hydrogens is 408 g/mol. The van der Waals surface area contributed by atoms with E-state index in [2.05, 4.69) is 4.90 Å². The molecule has 0 atom stereocenters. The number of benzene rings is 2. The van der Waals surface area contributed by atoms with Crippen molar-refractivity contribution in [3.8, 4) is 5.75 Å². The van der Waals surface area contributed by atoms with Crippen LogP contribution in [0.25, 0.3) is 38.2 Å². The molecule has 32 heavy (non-hydrogen) atoms. The van der Waals surface area contributed by atoms with Crippen LogP contribution in [0.3, 0.4) is 0 Å². The van der Waals surface area contributed by atoms with Crippen LogP contribution in [0, 0.1) is 0 Å². The average molecular weight is 435 g/mol. The van der Waals surface area contributed by atoms with E-state index >= 15 is 0 Å². The lowest BCUT2D eigenvalue weighted by atomic mass is 10.1. The number of fused-ring (bicyclic) bond motifs is 3. The van der Waals surface area contributed by atoms with Gasteiger partial charge in [-0.05, 0) is 58.5 Å². The van der Waals surface area contributed by atoms with Crippen molar-refractivity contribution in [1.82, 2.24) is 28.5 Å². The van der Waals surface area contributed by atoms with E-state index in [0.29, 0.717) is 47.0 Å². The van der Waals surface area contributed by atoms with Gasteiger partial charge < -0.3 is 14.9 Å². The number of aromatic hydroxyl groups is 1. The summed E-state index contributed by atoms with van der Waals surface area (Å²) in [6, 6.07) is 8.61. The second-order valence-corrected chi connectivity index (χ2v) is 8.81. The molecule has 0 aliphatic heterocycles. The Labute approximate surface area is 183 Å². The number of aromatic nitrogens is 4. The van der Waals surface area contributed by atoms with E-state index in [9.17, 15) is 14.7 Å². The minimum Gasteiger partial charge on any atom is -0.508 e. The number of hydrogen-bond donors (Lipinski definition) is 1. The maximum atomic E-state index is 13.6. The fourth-order valence-corrected chi connectivity index (χ4v) is 4.39. The van der Waals surface area contributed by atoms with Gasteiger partial charge >= 0.3 is 5.69 Å². The van der Waals surface area contributed by atoms with Crippen LogP contribution in [0.15, 0.2) is 39.9 Å². The zero-order valence-electron chi connectivity index (χ0n) is 18.7. The predicted octanol–water partition coefficient (Wildman–Crippen LogP) is 1.38. The normalized spacial score (nSPS) is 12.6. The molecule has 0 saturated carbocycles. The molecule has 9 heteroatoms. The lowest BCUT2D eigenvalue weighted by molar-refractivity contribution is 0.376. The van der Waals surface area contributed by atoms with Crippen molar-refractivity contribution in [3.63, 3.8) is 0 Å². The molecule has 0 bridgehead atoms. The first-order valence-electron chi connectivity index (χ1n) is 10.6. The molecule has 0 amide bonds. The molecule has 0 aliphatic rings. The summed E-state index contributed by atoms with van der Waals surface area (Å²) in [7, 11) is 7.82. The number of pyridine rings is 1. The Morgan fingerprint density at radius 1 is 0.906 bits per heavy atom. The molecule has 166 valence electrons. The molecule has 0 radical (unpaired) electrons. The smallest absolute Gasteiger partial charge is 0.336 e. The van der Waals surface area contributed by atoms with Crippen LogP contribution >= 0.6 is 0 Å². The van der Waals surface area contributed by atoms with E-state index in [1.807, 2.05) is 43.8 Å². The second-order valence-electron chi connectivity index (χ2n) is 8.81. The largest absolute Gasteiger partial charge is 0.508 e. The van der Waals surface area contributed by atoms with Crippen LogP contribution in [0.5, 0.6) is 5.75 Å². The summed E-state index contributed by atoms with van der Waals surface area (Å²) in [4.78, 5) is 31.0. The summed E-state index contributed by atoms with van der Waals surface area (Å²) in [5.41, 5.74) is 2.08. The van der Waals surface area contributed by atoms with Crippen LogP contribution in [-0.2, 0) is 13.1 Å². The van der Waals surface area contributed by atoms with Gasteiger partial charge in [-0.3, -0.25) is 18.4 Å². The van der Waals surface area contributed by atoms with Crippen molar-refractivity contribution in [2.75, 3.05) is 41.3 Å². The molecule has 9 nitrogen and oxygen atoms in total. The minimum absolute atomic E-state index is 0.101. The van der Waals surface area contributed by atoms with E-state index < -0.39 is 0 Å². The molecule has 1 N–H and O–H groups in total. The van der Waals surface area contributed by atoms with Gasteiger partial charge in [-0.1, -0.05) is 0 Å². The quantitative estimate of drug-likeness (QED) is 0.321. The summed E-state index contributed by atoms with van der Waals surface area (Å²) in [5, 5.41) is 17.0. The first-order chi connectivity index (χ1) is 15.3. The van der Waals surface area contributed by atoms with Gasteiger partial charge in [0.05, 0.1) is 33.9 Å². The summed E-state index contributed by atoms with van der Waals surface area (Å²) < 4.78 is 4.82. The van der Waals surface area contributed by atoms with Gasteiger partial charge in [0, 0.05) is 25.0 Å². The van der Waals surface area contributed by atoms with E-state index in [1.165, 1.54) is 4.57 Å². The molecule has 3 aromatic heterocycles. The molecule has 0 unspecified atom stereocenters. The third-order valence-electron chi connectivity index (χ3n) is 6.02. The number of likely N-dealkylation sites (N-methyl/N-ethyl adjacent to an activating group) is 2. The highest BCUT2D eigenvalue weighted by Gasteiger charge is 2.23. The molecular formula is C23H26N6O3. The summed E-state index contributed by atoms with van der Waals surface area (Å²) >= 11 is 0. The van der Waals surface area contributed by atoms with Gasteiger partial charge in [0.2, 0.25) is 0 Å². The molecule has 0 saturated heterocycles. The van der Waals surface area contributed by atoms with E-state index in [-0.39, 0.29) is 17.0 Å². The summed E-state index contributed by atoms with van der Waals surface area (Å²) in [6.45, 7) is 2.31. The lowest BCUT2D eigenvalue weighted by Crippen LogP contribution is -2.40. The first kappa shape index (κ1) is 20.5. The fraction of sp³-hybridized carbons (Fsp3) is 0.348. The average Bonchev–Trinajstić information content (AvgIpc) is 3.12. The number of hydrogen-bond acceptors (Lipinski definition) is 6. The highest BCUT2D eigenvalue weighted by Crippen LogP contribution is 2.35. The SMILES string of the molecule is CN(C)CCn1c(=O)c2ccc3c4c(nn3CCN(C)C)c3cc(O)ccc3n(c1=O)c24. The minimum atomic E-state index is -0.379. The van der Waals surface area contributed by atoms with Crippen LogP contribution in [-0.4, -0.2) is 74.9 Å². The Morgan fingerprint density at radius 2 is 1.59 bits per heavy atom. The topological polar surface area (TPSA) is 88.0 Å². The number of phenols is 1. The molecule has 0 aliphatic carbocycles. The molecule has 5 rings (SSSR count). The number of nitrogens with zero attached hydrogens (tertiary/aromatic N) is 6. The van der Waals surface area contributed by atoms with Crippen molar-refractivity contribution in [3.05, 3.63) is 51.2 Å². The fourth-order valence-electron chi connectivity index (χ4n) is 4.39. The zero-order chi connectivity index (χ0) is 22.7.